The van der Waals surface area contributed by atoms with E-state index in [1.807, 2.05) is 11.5 Å². The van der Waals surface area contributed by atoms with Crippen molar-refractivity contribution >= 4 is 35.0 Å². The zero-order chi connectivity index (χ0) is 16.8. The third-order valence-corrected chi connectivity index (χ3v) is 4.21. The van der Waals surface area contributed by atoms with E-state index >= 15 is 0 Å². The van der Waals surface area contributed by atoms with Crippen molar-refractivity contribution in [2.45, 2.75) is 25.0 Å². The number of rotatable bonds is 7. The van der Waals surface area contributed by atoms with Crippen LogP contribution >= 0.6 is 23.4 Å². The van der Waals surface area contributed by atoms with Gasteiger partial charge in [0.2, 0.25) is 5.91 Å². The molecular formula is C15H16ClFN4OS. The van der Waals surface area contributed by atoms with Crippen molar-refractivity contribution in [3.8, 4) is 0 Å². The fraction of sp³-hybridized carbons (Fsp3) is 0.267. The Hall–Kier alpha value is -1.86. The second kappa shape index (κ2) is 8.12. The van der Waals surface area contributed by atoms with E-state index in [4.69, 9.17) is 11.6 Å². The summed E-state index contributed by atoms with van der Waals surface area (Å²) in [6.45, 7) is 6.29. The first kappa shape index (κ1) is 17.5. The molecule has 1 aromatic carbocycles. The number of hydrogen-bond donors (Lipinski definition) is 1. The minimum Gasteiger partial charge on any atom is -0.325 e. The smallest absolute Gasteiger partial charge is 0.234 e. The molecule has 23 heavy (non-hydrogen) atoms. The summed E-state index contributed by atoms with van der Waals surface area (Å²) in [4.78, 5) is 12.0. The van der Waals surface area contributed by atoms with Gasteiger partial charge in [-0.25, -0.2) is 4.39 Å². The Morgan fingerprint density at radius 1 is 1.52 bits per heavy atom. The average Bonchev–Trinajstić information content (AvgIpc) is 2.91. The van der Waals surface area contributed by atoms with Crippen molar-refractivity contribution in [3.05, 3.63) is 47.5 Å². The summed E-state index contributed by atoms with van der Waals surface area (Å²) in [5.41, 5.74) is 0.448. The van der Waals surface area contributed by atoms with Gasteiger partial charge in [0.1, 0.15) is 11.6 Å². The molecule has 2 rings (SSSR count). The van der Waals surface area contributed by atoms with E-state index in [1.165, 1.54) is 30.0 Å². The number of nitrogens with one attached hydrogen (secondary N) is 1. The number of aryl methyl sites for hydroxylation is 1. The van der Waals surface area contributed by atoms with Crippen molar-refractivity contribution in [3.63, 3.8) is 0 Å². The molecule has 0 saturated carbocycles. The van der Waals surface area contributed by atoms with Crippen LogP contribution in [0.5, 0.6) is 0 Å². The molecule has 0 atom stereocenters. The molecule has 0 fully saturated rings. The third kappa shape index (κ3) is 4.56. The minimum atomic E-state index is -0.524. The average molecular weight is 355 g/mol. The SMILES string of the molecule is C=CCn1c(CC)nnc1SCC(=O)Nc1ccc(F)c(Cl)c1. The highest BCUT2D eigenvalue weighted by molar-refractivity contribution is 7.99. The lowest BCUT2D eigenvalue weighted by molar-refractivity contribution is -0.113. The lowest BCUT2D eigenvalue weighted by Gasteiger charge is -2.07. The Balaban J connectivity index is 1.97. The summed E-state index contributed by atoms with van der Waals surface area (Å²) < 4.78 is 15.0. The molecule has 1 heterocycles. The van der Waals surface area contributed by atoms with Gasteiger partial charge < -0.3 is 9.88 Å². The van der Waals surface area contributed by atoms with Gasteiger partial charge >= 0.3 is 0 Å². The van der Waals surface area contributed by atoms with Crippen LogP contribution in [-0.2, 0) is 17.8 Å². The van der Waals surface area contributed by atoms with Crippen molar-refractivity contribution < 1.29 is 9.18 Å². The first-order chi connectivity index (χ1) is 11.0. The molecule has 0 aliphatic carbocycles. The van der Waals surface area contributed by atoms with E-state index in [1.54, 1.807) is 6.08 Å². The van der Waals surface area contributed by atoms with E-state index in [0.29, 0.717) is 17.4 Å². The highest BCUT2D eigenvalue weighted by Crippen LogP contribution is 2.21. The van der Waals surface area contributed by atoms with Crippen LogP contribution in [0.1, 0.15) is 12.7 Å². The molecule has 1 aromatic heterocycles. The predicted molar refractivity (Wildman–Crippen MR) is 90.4 cm³/mol. The predicted octanol–water partition coefficient (Wildman–Crippen LogP) is 3.55. The Bertz CT molecular complexity index is 719. The molecule has 0 radical (unpaired) electrons. The highest BCUT2D eigenvalue weighted by atomic mass is 35.5. The summed E-state index contributed by atoms with van der Waals surface area (Å²) >= 11 is 6.96. The van der Waals surface area contributed by atoms with Crippen LogP contribution in [0.4, 0.5) is 10.1 Å². The molecule has 0 aliphatic rings. The number of carbonyl (C=O) groups is 1. The van der Waals surface area contributed by atoms with Crippen LogP contribution in [0.25, 0.3) is 0 Å². The van der Waals surface area contributed by atoms with Gasteiger partial charge in [-0.1, -0.05) is 36.4 Å². The second-order valence-electron chi connectivity index (χ2n) is 4.62. The standard InChI is InChI=1S/C15H16ClFN4OS/c1-3-7-21-13(4-2)19-20-15(21)23-9-14(22)18-10-5-6-12(17)11(16)8-10/h3,5-6,8H,1,4,7,9H2,2H3,(H,18,22). The number of amides is 1. The molecule has 2 aromatic rings. The van der Waals surface area contributed by atoms with Crippen LogP contribution in [-0.4, -0.2) is 26.4 Å². The molecule has 0 aliphatic heterocycles. The van der Waals surface area contributed by atoms with Gasteiger partial charge in [-0.15, -0.1) is 16.8 Å². The van der Waals surface area contributed by atoms with Crippen molar-refractivity contribution in [1.29, 1.82) is 0 Å². The minimum absolute atomic E-state index is 0.0335. The summed E-state index contributed by atoms with van der Waals surface area (Å²) in [5.74, 6) is 0.249. The maximum atomic E-state index is 13.1. The molecule has 1 N–H and O–H groups in total. The largest absolute Gasteiger partial charge is 0.325 e. The lowest BCUT2D eigenvalue weighted by atomic mass is 10.3. The maximum absolute atomic E-state index is 13.1. The van der Waals surface area contributed by atoms with Crippen LogP contribution in [0, 0.1) is 5.82 Å². The van der Waals surface area contributed by atoms with Crippen molar-refractivity contribution in [2.75, 3.05) is 11.1 Å². The first-order valence-corrected chi connectivity index (χ1v) is 8.32. The molecule has 122 valence electrons. The number of carbonyl (C=O) groups excluding carboxylic acids is 1. The normalized spacial score (nSPS) is 10.6. The molecular weight excluding hydrogens is 339 g/mol. The molecule has 5 nitrogen and oxygen atoms in total. The third-order valence-electron chi connectivity index (χ3n) is 2.96. The Morgan fingerprint density at radius 3 is 2.96 bits per heavy atom. The van der Waals surface area contributed by atoms with Gasteiger partial charge in [0.15, 0.2) is 5.16 Å². The maximum Gasteiger partial charge on any atom is 0.234 e. The number of aromatic nitrogens is 3. The molecule has 1 amide bonds. The van der Waals surface area contributed by atoms with Gasteiger partial charge in [0, 0.05) is 18.7 Å². The molecule has 0 saturated heterocycles. The van der Waals surface area contributed by atoms with E-state index in [2.05, 4.69) is 22.1 Å². The van der Waals surface area contributed by atoms with Gasteiger partial charge in [0.05, 0.1) is 10.8 Å². The Labute approximate surface area is 142 Å². The van der Waals surface area contributed by atoms with Gasteiger partial charge in [0.25, 0.3) is 0 Å². The molecule has 0 spiro atoms. The molecule has 8 heteroatoms. The number of hydrogen-bond acceptors (Lipinski definition) is 4. The summed E-state index contributed by atoms with van der Waals surface area (Å²) in [5, 5.41) is 11.5. The van der Waals surface area contributed by atoms with Crippen molar-refractivity contribution in [1.82, 2.24) is 14.8 Å². The number of halogens is 2. The van der Waals surface area contributed by atoms with Crippen molar-refractivity contribution in [2.24, 2.45) is 0 Å². The number of allylic oxidation sites excluding steroid dienone is 1. The number of benzene rings is 1. The van der Waals surface area contributed by atoms with Crippen LogP contribution in [0.3, 0.4) is 0 Å². The highest BCUT2D eigenvalue weighted by Gasteiger charge is 2.12. The van der Waals surface area contributed by atoms with Gasteiger partial charge in [-0.05, 0) is 18.2 Å². The lowest BCUT2D eigenvalue weighted by Crippen LogP contribution is -2.14. The number of thioether (sulfide) groups is 1. The zero-order valence-corrected chi connectivity index (χ0v) is 14.1. The van der Waals surface area contributed by atoms with Crippen LogP contribution in [0.15, 0.2) is 36.0 Å². The molecule has 0 bridgehead atoms. The topological polar surface area (TPSA) is 59.8 Å². The molecule has 0 unspecified atom stereocenters. The summed E-state index contributed by atoms with van der Waals surface area (Å²) in [6, 6.07) is 4.04. The van der Waals surface area contributed by atoms with Crippen LogP contribution < -0.4 is 5.32 Å². The van der Waals surface area contributed by atoms with E-state index in [-0.39, 0.29) is 16.7 Å². The van der Waals surface area contributed by atoms with E-state index < -0.39 is 5.82 Å². The Kier molecular flexibility index (Phi) is 6.18. The quantitative estimate of drug-likeness (QED) is 0.610. The second-order valence-corrected chi connectivity index (χ2v) is 5.97. The zero-order valence-electron chi connectivity index (χ0n) is 12.6. The first-order valence-electron chi connectivity index (χ1n) is 6.95. The fourth-order valence-electron chi connectivity index (χ4n) is 1.90. The summed E-state index contributed by atoms with van der Waals surface area (Å²) in [6.07, 6.45) is 2.51. The fourth-order valence-corrected chi connectivity index (χ4v) is 2.85. The monoisotopic (exact) mass is 354 g/mol. The number of anilines is 1. The van der Waals surface area contributed by atoms with Gasteiger partial charge in [-0.2, -0.15) is 0 Å². The van der Waals surface area contributed by atoms with E-state index in [9.17, 15) is 9.18 Å². The Morgan fingerprint density at radius 2 is 2.30 bits per heavy atom. The van der Waals surface area contributed by atoms with Crippen LogP contribution in [0.2, 0.25) is 5.02 Å². The van der Waals surface area contributed by atoms with E-state index in [0.717, 1.165) is 12.2 Å². The number of nitrogens with zero attached hydrogens (tertiary/aromatic N) is 3. The van der Waals surface area contributed by atoms with Gasteiger partial charge in [-0.3, -0.25) is 4.79 Å². The summed E-state index contributed by atoms with van der Waals surface area (Å²) in [7, 11) is 0.